The van der Waals surface area contributed by atoms with Crippen LogP contribution in [0.5, 0.6) is 0 Å². The van der Waals surface area contributed by atoms with Crippen LogP contribution in [0.2, 0.25) is 0 Å². The maximum atomic E-state index is 13.4. The van der Waals surface area contributed by atoms with Crippen molar-refractivity contribution in [2.45, 2.75) is 23.8 Å². The van der Waals surface area contributed by atoms with Gasteiger partial charge >= 0.3 is 0 Å². The van der Waals surface area contributed by atoms with Gasteiger partial charge in [0.05, 0.1) is 18.8 Å². The molecule has 0 heterocycles. The van der Waals surface area contributed by atoms with Crippen LogP contribution >= 0.6 is 0 Å². The summed E-state index contributed by atoms with van der Waals surface area (Å²) in [6.07, 6.45) is 0.0795. The third-order valence-electron chi connectivity index (χ3n) is 2.82. The third kappa shape index (κ3) is 3.47. The molecule has 0 bridgehead atoms. The Morgan fingerprint density at radius 1 is 1.26 bits per heavy atom. The average Bonchev–Trinajstić information content (AvgIpc) is 2.39. The molecule has 1 aromatic rings. The first kappa shape index (κ1) is 16.0. The van der Waals surface area contributed by atoms with Crippen molar-refractivity contribution in [2.75, 3.05) is 13.2 Å². The van der Waals surface area contributed by atoms with E-state index in [-0.39, 0.29) is 6.42 Å². The Labute approximate surface area is 109 Å². The van der Waals surface area contributed by atoms with Gasteiger partial charge in [0, 0.05) is 0 Å². The zero-order valence-electron chi connectivity index (χ0n) is 10.2. The van der Waals surface area contributed by atoms with Crippen LogP contribution in [0.3, 0.4) is 0 Å². The van der Waals surface area contributed by atoms with Crippen molar-refractivity contribution >= 4 is 10.0 Å². The molecule has 0 spiro atoms. The highest BCUT2D eigenvalue weighted by Gasteiger charge is 2.34. The van der Waals surface area contributed by atoms with Crippen LogP contribution in [0.4, 0.5) is 8.78 Å². The predicted octanol–water partition coefficient (Wildman–Crippen LogP) is 0.376. The van der Waals surface area contributed by atoms with Gasteiger partial charge in [-0.05, 0) is 24.6 Å². The molecule has 0 aliphatic rings. The molecule has 0 atom stereocenters. The maximum Gasteiger partial charge on any atom is 0.244 e. The van der Waals surface area contributed by atoms with Crippen LogP contribution in [-0.4, -0.2) is 37.4 Å². The smallest absolute Gasteiger partial charge is 0.244 e. The van der Waals surface area contributed by atoms with Gasteiger partial charge in [-0.15, -0.1) is 0 Å². The fraction of sp³-hybridized carbons (Fsp3) is 0.455. The third-order valence-corrected chi connectivity index (χ3v) is 4.41. The van der Waals surface area contributed by atoms with Crippen molar-refractivity contribution in [3.63, 3.8) is 0 Å². The number of hydrogen-bond donors (Lipinski definition) is 3. The molecule has 0 fully saturated rings. The SMILES string of the molecule is CCC(CO)(CO)NS(=O)(=O)c1cc(F)ccc1F. The monoisotopic (exact) mass is 295 g/mol. The summed E-state index contributed by atoms with van der Waals surface area (Å²) in [4.78, 5) is -0.868. The van der Waals surface area contributed by atoms with E-state index in [4.69, 9.17) is 10.2 Å². The van der Waals surface area contributed by atoms with E-state index in [1.54, 1.807) is 0 Å². The molecule has 0 aromatic heterocycles. The van der Waals surface area contributed by atoms with Gasteiger partial charge in [-0.3, -0.25) is 0 Å². The second-order valence-electron chi connectivity index (χ2n) is 4.13. The summed E-state index contributed by atoms with van der Waals surface area (Å²) >= 11 is 0. The molecule has 0 amide bonds. The van der Waals surface area contributed by atoms with Crippen molar-refractivity contribution in [3.8, 4) is 0 Å². The molecule has 5 nitrogen and oxygen atoms in total. The van der Waals surface area contributed by atoms with E-state index < -0.39 is 45.3 Å². The lowest BCUT2D eigenvalue weighted by Gasteiger charge is -2.29. The zero-order valence-corrected chi connectivity index (χ0v) is 11.0. The zero-order chi connectivity index (χ0) is 14.7. The maximum absolute atomic E-state index is 13.4. The topological polar surface area (TPSA) is 86.6 Å². The van der Waals surface area contributed by atoms with Gasteiger partial charge in [0.2, 0.25) is 10.0 Å². The summed E-state index contributed by atoms with van der Waals surface area (Å²) < 4.78 is 52.4. The van der Waals surface area contributed by atoms with Crippen LogP contribution < -0.4 is 4.72 Å². The fourth-order valence-corrected chi connectivity index (χ4v) is 2.98. The highest BCUT2D eigenvalue weighted by Crippen LogP contribution is 2.19. The van der Waals surface area contributed by atoms with E-state index in [1.807, 2.05) is 4.72 Å². The largest absolute Gasteiger partial charge is 0.394 e. The number of hydrogen-bond acceptors (Lipinski definition) is 4. The molecular weight excluding hydrogens is 280 g/mol. The highest BCUT2D eigenvalue weighted by atomic mass is 32.2. The van der Waals surface area contributed by atoms with E-state index in [2.05, 4.69) is 0 Å². The Morgan fingerprint density at radius 2 is 1.84 bits per heavy atom. The van der Waals surface area contributed by atoms with Gasteiger partial charge in [-0.1, -0.05) is 6.92 Å². The normalized spacial score (nSPS) is 12.7. The molecule has 0 aliphatic heterocycles. The summed E-state index contributed by atoms with van der Waals surface area (Å²) in [6.45, 7) is 0.198. The van der Waals surface area contributed by atoms with Crippen molar-refractivity contribution in [1.29, 1.82) is 0 Å². The summed E-state index contributed by atoms with van der Waals surface area (Å²) in [5, 5.41) is 18.3. The number of aliphatic hydroxyl groups is 2. The lowest BCUT2D eigenvalue weighted by molar-refractivity contribution is 0.105. The quantitative estimate of drug-likeness (QED) is 0.708. The first-order valence-electron chi connectivity index (χ1n) is 5.51. The van der Waals surface area contributed by atoms with Crippen LogP contribution in [-0.2, 0) is 10.0 Å². The molecule has 1 rings (SSSR count). The van der Waals surface area contributed by atoms with E-state index >= 15 is 0 Å². The molecule has 0 unspecified atom stereocenters. The molecule has 108 valence electrons. The predicted molar refractivity (Wildman–Crippen MR) is 63.9 cm³/mol. The second-order valence-corrected chi connectivity index (χ2v) is 5.78. The molecule has 0 saturated heterocycles. The van der Waals surface area contributed by atoms with Crippen molar-refractivity contribution in [3.05, 3.63) is 29.8 Å². The summed E-state index contributed by atoms with van der Waals surface area (Å²) in [5.41, 5.74) is -1.52. The van der Waals surface area contributed by atoms with Crippen LogP contribution in [0.15, 0.2) is 23.1 Å². The van der Waals surface area contributed by atoms with Crippen molar-refractivity contribution in [1.82, 2.24) is 4.72 Å². The van der Waals surface area contributed by atoms with E-state index in [0.717, 1.165) is 6.07 Å². The number of sulfonamides is 1. The van der Waals surface area contributed by atoms with Gasteiger partial charge in [0.25, 0.3) is 0 Å². The molecular formula is C11H15F2NO4S. The Hall–Kier alpha value is -1.09. The number of aliphatic hydroxyl groups excluding tert-OH is 2. The van der Waals surface area contributed by atoms with E-state index in [9.17, 15) is 17.2 Å². The first-order chi connectivity index (χ1) is 8.80. The Morgan fingerprint density at radius 3 is 2.32 bits per heavy atom. The van der Waals surface area contributed by atoms with Crippen molar-refractivity contribution < 1.29 is 27.4 Å². The Balaban J connectivity index is 3.21. The lowest BCUT2D eigenvalue weighted by Crippen LogP contribution is -2.53. The molecule has 8 heteroatoms. The average molecular weight is 295 g/mol. The Kier molecular flexibility index (Phi) is 4.97. The molecule has 1 aromatic carbocycles. The fourth-order valence-electron chi connectivity index (χ4n) is 1.43. The first-order valence-corrected chi connectivity index (χ1v) is 6.99. The van der Waals surface area contributed by atoms with Gasteiger partial charge in [-0.25, -0.2) is 21.9 Å². The number of rotatable bonds is 6. The minimum Gasteiger partial charge on any atom is -0.394 e. The van der Waals surface area contributed by atoms with Gasteiger partial charge in [0.1, 0.15) is 16.5 Å². The molecule has 0 aliphatic carbocycles. The van der Waals surface area contributed by atoms with Crippen molar-refractivity contribution in [2.24, 2.45) is 0 Å². The van der Waals surface area contributed by atoms with Crippen LogP contribution in [0, 0.1) is 11.6 Å². The Bertz CT molecular complexity index is 535. The van der Waals surface area contributed by atoms with Gasteiger partial charge < -0.3 is 10.2 Å². The highest BCUT2D eigenvalue weighted by molar-refractivity contribution is 7.89. The standard InChI is InChI=1S/C11H15F2NO4S/c1-2-11(6-15,7-16)14-19(17,18)10-5-8(12)3-4-9(10)13/h3-5,14-16H,2,6-7H2,1H3. The lowest BCUT2D eigenvalue weighted by atomic mass is 10.0. The number of halogens is 2. The molecule has 3 N–H and O–H groups in total. The minimum absolute atomic E-state index is 0.0795. The number of benzene rings is 1. The van der Waals surface area contributed by atoms with E-state index in [0.29, 0.717) is 12.1 Å². The second kappa shape index (κ2) is 5.91. The van der Waals surface area contributed by atoms with Crippen LogP contribution in [0.25, 0.3) is 0 Å². The molecule has 0 radical (unpaired) electrons. The summed E-state index contributed by atoms with van der Waals surface area (Å²) in [6, 6.07) is 2.02. The van der Waals surface area contributed by atoms with Gasteiger partial charge in [0.15, 0.2) is 0 Å². The van der Waals surface area contributed by atoms with Gasteiger partial charge in [-0.2, -0.15) is 0 Å². The van der Waals surface area contributed by atoms with Crippen LogP contribution in [0.1, 0.15) is 13.3 Å². The molecule has 19 heavy (non-hydrogen) atoms. The molecule has 0 saturated carbocycles. The number of nitrogens with one attached hydrogen (secondary N) is 1. The summed E-state index contributed by atoms with van der Waals surface area (Å²) in [7, 11) is -4.39. The minimum atomic E-state index is -4.39. The van der Waals surface area contributed by atoms with E-state index in [1.165, 1.54) is 6.92 Å². The summed E-state index contributed by atoms with van der Waals surface area (Å²) in [5.74, 6) is -2.02.